The van der Waals surface area contributed by atoms with E-state index in [1.807, 2.05) is 0 Å². The van der Waals surface area contributed by atoms with E-state index in [0.29, 0.717) is 22.9 Å². The minimum Gasteiger partial charge on any atom is -0.493 e. The van der Waals surface area contributed by atoms with Crippen molar-refractivity contribution in [3.8, 4) is 17.2 Å². The third kappa shape index (κ3) is 1.65. The van der Waals surface area contributed by atoms with Gasteiger partial charge >= 0.3 is 0 Å². The van der Waals surface area contributed by atoms with Gasteiger partial charge in [0.25, 0.3) is 0 Å². The average Bonchev–Trinajstić information content (AvgIpc) is 2.82. The Hall–Kier alpha value is -2.24. The zero-order chi connectivity index (χ0) is 11.5. The minimum atomic E-state index is 0.545. The van der Waals surface area contributed by atoms with E-state index < -0.39 is 0 Å². The highest BCUT2D eigenvalue weighted by molar-refractivity contribution is 5.65. The summed E-state index contributed by atoms with van der Waals surface area (Å²) in [6.07, 6.45) is 3.01. The molecule has 16 heavy (non-hydrogen) atoms. The summed E-state index contributed by atoms with van der Waals surface area (Å²) in [4.78, 5) is 3.86. The molecule has 2 rings (SSSR count). The number of nitrogens with zero attached hydrogens (tertiary/aromatic N) is 3. The van der Waals surface area contributed by atoms with Gasteiger partial charge in [-0.05, 0) is 0 Å². The summed E-state index contributed by atoms with van der Waals surface area (Å²) < 4.78 is 11.9. The standard InChI is InChI=1S/C10H12N4O2/c1-15-9-3-7(11)8(4-10(9)16-2)14-6-12-5-13-14/h3-6H,11H2,1-2H3. The van der Waals surface area contributed by atoms with Crippen molar-refractivity contribution in [2.24, 2.45) is 0 Å². The SMILES string of the molecule is COc1cc(N)c(-n2cncn2)cc1OC. The van der Waals surface area contributed by atoms with E-state index in [0.717, 1.165) is 0 Å². The lowest BCUT2D eigenvalue weighted by molar-refractivity contribution is 0.355. The van der Waals surface area contributed by atoms with E-state index in [1.54, 1.807) is 37.4 Å². The van der Waals surface area contributed by atoms with Gasteiger partial charge in [0.15, 0.2) is 11.5 Å². The highest BCUT2D eigenvalue weighted by Gasteiger charge is 2.10. The van der Waals surface area contributed by atoms with Crippen LogP contribution in [0.2, 0.25) is 0 Å². The van der Waals surface area contributed by atoms with Gasteiger partial charge in [-0.2, -0.15) is 5.10 Å². The maximum Gasteiger partial charge on any atom is 0.163 e. The van der Waals surface area contributed by atoms with Crippen molar-refractivity contribution in [1.82, 2.24) is 14.8 Å². The zero-order valence-corrected chi connectivity index (χ0v) is 9.04. The molecule has 2 aromatic rings. The van der Waals surface area contributed by atoms with Crippen molar-refractivity contribution in [3.63, 3.8) is 0 Å². The first kappa shape index (κ1) is 10.3. The quantitative estimate of drug-likeness (QED) is 0.777. The van der Waals surface area contributed by atoms with Gasteiger partial charge in [-0.25, -0.2) is 9.67 Å². The first-order chi connectivity index (χ1) is 7.76. The van der Waals surface area contributed by atoms with Gasteiger partial charge in [-0.3, -0.25) is 0 Å². The molecule has 1 aromatic carbocycles. The van der Waals surface area contributed by atoms with Crippen molar-refractivity contribution >= 4 is 5.69 Å². The summed E-state index contributed by atoms with van der Waals surface area (Å²) >= 11 is 0. The van der Waals surface area contributed by atoms with Gasteiger partial charge in [-0.15, -0.1) is 0 Å². The molecule has 0 spiro atoms. The predicted molar refractivity (Wildman–Crippen MR) is 58.9 cm³/mol. The molecule has 2 N–H and O–H groups in total. The molecule has 0 unspecified atom stereocenters. The van der Waals surface area contributed by atoms with Crippen LogP contribution in [0.15, 0.2) is 24.8 Å². The highest BCUT2D eigenvalue weighted by atomic mass is 16.5. The molecule has 0 bridgehead atoms. The van der Waals surface area contributed by atoms with Gasteiger partial charge in [0.1, 0.15) is 12.7 Å². The summed E-state index contributed by atoms with van der Waals surface area (Å²) in [5.41, 5.74) is 7.14. The Labute approximate surface area is 92.6 Å². The average molecular weight is 220 g/mol. The summed E-state index contributed by atoms with van der Waals surface area (Å²) in [5.74, 6) is 1.19. The molecule has 0 atom stereocenters. The molecule has 0 fully saturated rings. The van der Waals surface area contributed by atoms with E-state index >= 15 is 0 Å². The molecule has 6 nitrogen and oxygen atoms in total. The van der Waals surface area contributed by atoms with Crippen LogP contribution in [-0.4, -0.2) is 29.0 Å². The Morgan fingerprint density at radius 2 is 1.88 bits per heavy atom. The van der Waals surface area contributed by atoms with Crippen molar-refractivity contribution in [3.05, 3.63) is 24.8 Å². The van der Waals surface area contributed by atoms with Crippen molar-refractivity contribution in [2.45, 2.75) is 0 Å². The molecular formula is C10H12N4O2. The van der Waals surface area contributed by atoms with Crippen molar-refractivity contribution < 1.29 is 9.47 Å². The molecule has 1 aromatic heterocycles. The second-order valence-corrected chi connectivity index (χ2v) is 3.11. The second kappa shape index (κ2) is 4.09. The maximum absolute atomic E-state index is 5.89. The van der Waals surface area contributed by atoms with E-state index in [9.17, 15) is 0 Å². The van der Waals surface area contributed by atoms with Crippen LogP contribution in [0.25, 0.3) is 5.69 Å². The third-order valence-corrected chi connectivity index (χ3v) is 2.20. The molecule has 0 aliphatic rings. The molecule has 1 heterocycles. The zero-order valence-electron chi connectivity index (χ0n) is 9.04. The molecule has 0 saturated carbocycles. The Balaban J connectivity index is 2.55. The van der Waals surface area contributed by atoms with E-state index in [-0.39, 0.29) is 0 Å². The summed E-state index contributed by atoms with van der Waals surface area (Å²) in [6, 6.07) is 3.44. The summed E-state index contributed by atoms with van der Waals surface area (Å²) in [5, 5.41) is 4.01. The largest absolute Gasteiger partial charge is 0.493 e. The van der Waals surface area contributed by atoms with Crippen LogP contribution in [0, 0.1) is 0 Å². The van der Waals surface area contributed by atoms with Gasteiger partial charge in [-0.1, -0.05) is 0 Å². The number of aromatic nitrogens is 3. The maximum atomic E-state index is 5.89. The van der Waals surface area contributed by atoms with Crippen molar-refractivity contribution in [1.29, 1.82) is 0 Å². The number of hydrogen-bond donors (Lipinski definition) is 1. The van der Waals surface area contributed by atoms with Crippen LogP contribution in [-0.2, 0) is 0 Å². The highest BCUT2D eigenvalue weighted by Crippen LogP contribution is 2.33. The summed E-state index contributed by atoms with van der Waals surface area (Å²) in [6.45, 7) is 0. The Kier molecular flexibility index (Phi) is 2.63. The lowest BCUT2D eigenvalue weighted by Crippen LogP contribution is -2.02. The van der Waals surface area contributed by atoms with Crippen LogP contribution in [0.4, 0.5) is 5.69 Å². The fourth-order valence-corrected chi connectivity index (χ4v) is 1.42. The van der Waals surface area contributed by atoms with Gasteiger partial charge < -0.3 is 15.2 Å². The van der Waals surface area contributed by atoms with Gasteiger partial charge in [0.05, 0.1) is 25.6 Å². The number of methoxy groups -OCH3 is 2. The Bertz CT molecular complexity index is 482. The van der Waals surface area contributed by atoms with E-state index in [2.05, 4.69) is 10.1 Å². The number of nitrogens with two attached hydrogens (primary N) is 1. The number of anilines is 1. The Morgan fingerprint density at radius 1 is 1.19 bits per heavy atom. The Morgan fingerprint density at radius 3 is 2.44 bits per heavy atom. The van der Waals surface area contributed by atoms with Crippen LogP contribution >= 0.6 is 0 Å². The predicted octanol–water partition coefficient (Wildman–Crippen LogP) is 0.867. The molecule has 6 heteroatoms. The smallest absolute Gasteiger partial charge is 0.163 e. The first-order valence-electron chi connectivity index (χ1n) is 4.62. The lowest BCUT2D eigenvalue weighted by Gasteiger charge is -2.11. The van der Waals surface area contributed by atoms with E-state index in [1.165, 1.54) is 6.33 Å². The molecule has 0 radical (unpaired) electrons. The number of hydrogen-bond acceptors (Lipinski definition) is 5. The number of nitrogen functional groups attached to an aromatic ring is 1. The molecular weight excluding hydrogens is 208 g/mol. The van der Waals surface area contributed by atoms with E-state index in [4.69, 9.17) is 15.2 Å². The van der Waals surface area contributed by atoms with Gasteiger partial charge in [0, 0.05) is 12.1 Å². The number of ether oxygens (including phenoxy) is 2. The minimum absolute atomic E-state index is 0.545. The van der Waals surface area contributed by atoms with Gasteiger partial charge in [0.2, 0.25) is 0 Å². The van der Waals surface area contributed by atoms with Crippen LogP contribution < -0.4 is 15.2 Å². The topological polar surface area (TPSA) is 75.2 Å². The first-order valence-corrected chi connectivity index (χ1v) is 4.62. The van der Waals surface area contributed by atoms with Crippen LogP contribution in [0.5, 0.6) is 11.5 Å². The van der Waals surface area contributed by atoms with Crippen LogP contribution in [0.3, 0.4) is 0 Å². The second-order valence-electron chi connectivity index (χ2n) is 3.11. The fourth-order valence-electron chi connectivity index (χ4n) is 1.42. The number of benzene rings is 1. The molecule has 0 aliphatic heterocycles. The lowest BCUT2D eigenvalue weighted by atomic mass is 10.2. The summed E-state index contributed by atoms with van der Waals surface area (Å²) in [7, 11) is 3.13. The molecule has 0 aliphatic carbocycles. The van der Waals surface area contributed by atoms with Crippen LogP contribution in [0.1, 0.15) is 0 Å². The van der Waals surface area contributed by atoms with Crippen molar-refractivity contribution in [2.75, 3.05) is 20.0 Å². The molecule has 0 amide bonds. The normalized spacial score (nSPS) is 10.1. The fraction of sp³-hybridized carbons (Fsp3) is 0.200. The third-order valence-electron chi connectivity index (χ3n) is 2.20. The number of rotatable bonds is 3. The molecule has 0 saturated heterocycles. The molecule has 84 valence electrons. The monoisotopic (exact) mass is 220 g/mol.